The molecule has 1 aromatic heterocycles. The van der Waals surface area contributed by atoms with Gasteiger partial charge in [-0.2, -0.15) is 0 Å². The third-order valence-electron chi connectivity index (χ3n) is 2.88. The number of carbonyl (C=O) groups excluding carboxylic acids is 1. The van der Waals surface area contributed by atoms with Crippen molar-refractivity contribution in [2.24, 2.45) is 0 Å². The van der Waals surface area contributed by atoms with Crippen LogP contribution in [0.4, 0.5) is 0 Å². The van der Waals surface area contributed by atoms with Crippen LogP contribution in [0.1, 0.15) is 28.9 Å². The third-order valence-corrected chi connectivity index (χ3v) is 4.49. The topological polar surface area (TPSA) is 29.5 Å². The maximum atomic E-state index is 12.1. The van der Waals surface area contributed by atoms with Crippen LogP contribution in [-0.4, -0.2) is 37.1 Å². The first-order valence-corrected chi connectivity index (χ1v) is 7.40. The summed E-state index contributed by atoms with van der Waals surface area (Å²) in [4.78, 5) is 14.6. The quantitative estimate of drug-likeness (QED) is 0.857. The molecular formula is C12H16BrNO2S. The van der Waals surface area contributed by atoms with Crippen LogP contribution in [0.15, 0.2) is 15.9 Å². The predicted molar refractivity (Wildman–Crippen MR) is 72.6 cm³/mol. The van der Waals surface area contributed by atoms with Gasteiger partial charge in [0.2, 0.25) is 0 Å². The van der Waals surface area contributed by atoms with Gasteiger partial charge in [0.15, 0.2) is 0 Å². The number of hydrogen-bond donors (Lipinski definition) is 0. The summed E-state index contributed by atoms with van der Waals surface area (Å²) in [5.74, 6) is 0.0786. The Bertz CT molecular complexity index is 388. The highest BCUT2D eigenvalue weighted by Crippen LogP contribution is 2.23. The summed E-state index contributed by atoms with van der Waals surface area (Å²) in [7, 11) is 1.84. The van der Waals surface area contributed by atoms with Gasteiger partial charge in [-0.3, -0.25) is 4.79 Å². The predicted octanol–water partition coefficient (Wildman–Crippen LogP) is 3.15. The van der Waals surface area contributed by atoms with Gasteiger partial charge in [-0.05, 0) is 47.3 Å². The summed E-state index contributed by atoms with van der Waals surface area (Å²) in [5, 5.41) is 0. The molecule has 1 saturated heterocycles. The van der Waals surface area contributed by atoms with Crippen molar-refractivity contribution in [1.29, 1.82) is 0 Å². The highest BCUT2D eigenvalue weighted by atomic mass is 79.9. The summed E-state index contributed by atoms with van der Waals surface area (Å²) in [6, 6.07) is 3.76. The molecule has 0 spiro atoms. The van der Waals surface area contributed by atoms with Crippen LogP contribution in [-0.2, 0) is 4.74 Å². The molecule has 0 aliphatic carbocycles. The molecule has 0 saturated carbocycles. The van der Waals surface area contributed by atoms with E-state index in [0.717, 1.165) is 28.1 Å². The minimum Gasteiger partial charge on any atom is -0.376 e. The Morgan fingerprint density at radius 2 is 2.41 bits per heavy atom. The lowest BCUT2D eigenvalue weighted by molar-refractivity contribution is -0.0000997. The Morgan fingerprint density at radius 3 is 3.00 bits per heavy atom. The van der Waals surface area contributed by atoms with Crippen molar-refractivity contribution in [3.63, 3.8) is 0 Å². The lowest BCUT2D eigenvalue weighted by atomic mass is 10.1. The van der Waals surface area contributed by atoms with Crippen molar-refractivity contribution < 1.29 is 9.53 Å². The zero-order valence-electron chi connectivity index (χ0n) is 9.82. The molecule has 1 aliphatic rings. The van der Waals surface area contributed by atoms with Gasteiger partial charge in [0, 0.05) is 20.2 Å². The lowest BCUT2D eigenvalue weighted by Crippen LogP contribution is -2.36. The summed E-state index contributed by atoms with van der Waals surface area (Å²) in [6.07, 6.45) is 3.62. The van der Waals surface area contributed by atoms with E-state index in [9.17, 15) is 4.79 Å². The average molecular weight is 318 g/mol. The van der Waals surface area contributed by atoms with Crippen molar-refractivity contribution in [2.75, 3.05) is 20.2 Å². The molecule has 1 atom stereocenters. The Labute approximate surface area is 114 Å². The molecule has 0 radical (unpaired) electrons. The zero-order chi connectivity index (χ0) is 12.3. The number of carbonyl (C=O) groups is 1. The molecule has 0 N–H and O–H groups in total. The van der Waals surface area contributed by atoms with Gasteiger partial charge in [0.1, 0.15) is 0 Å². The molecule has 1 aromatic rings. The Kier molecular flexibility index (Phi) is 4.59. The molecule has 2 heterocycles. The van der Waals surface area contributed by atoms with Crippen LogP contribution in [0.3, 0.4) is 0 Å². The van der Waals surface area contributed by atoms with Crippen LogP contribution in [0.25, 0.3) is 0 Å². The Morgan fingerprint density at radius 1 is 1.59 bits per heavy atom. The smallest absolute Gasteiger partial charge is 0.263 e. The van der Waals surface area contributed by atoms with Crippen LogP contribution in [0.2, 0.25) is 0 Å². The van der Waals surface area contributed by atoms with Crippen LogP contribution < -0.4 is 0 Å². The standard InChI is InChI=1S/C12H16BrNO2S/c1-14(8-9-4-2-3-7-16-9)12(15)10-5-6-11(13)17-10/h5-6,9H,2-4,7-8H2,1H3. The summed E-state index contributed by atoms with van der Waals surface area (Å²) < 4.78 is 6.63. The number of thiophene rings is 1. The Hall–Kier alpha value is -0.390. The summed E-state index contributed by atoms with van der Waals surface area (Å²) in [6.45, 7) is 1.52. The summed E-state index contributed by atoms with van der Waals surface area (Å²) in [5.41, 5.74) is 0. The lowest BCUT2D eigenvalue weighted by Gasteiger charge is -2.27. The zero-order valence-corrected chi connectivity index (χ0v) is 12.2. The van der Waals surface area contributed by atoms with Gasteiger partial charge in [-0.15, -0.1) is 11.3 Å². The van der Waals surface area contributed by atoms with Crippen LogP contribution in [0.5, 0.6) is 0 Å². The molecule has 1 fully saturated rings. The average Bonchev–Trinajstić information content (AvgIpc) is 2.76. The first-order valence-electron chi connectivity index (χ1n) is 5.79. The first kappa shape index (κ1) is 13.1. The van der Waals surface area contributed by atoms with Gasteiger partial charge in [-0.1, -0.05) is 0 Å². The number of halogens is 1. The molecule has 0 aromatic carbocycles. The second-order valence-corrected chi connectivity index (χ2v) is 6.74. The van der Waals surface area contributed by atoms with E-state index in [4.69, 9.17) is 4.74 Å². The van der Waals surface area contributed by atoms with E-state index < -0.39 is 0 Å². The number of rotatable bonds is 3. The highest BCUT2D eigenvalue weighted by molar-refractivity contribution is 9.11. The molecule has 5 heteroatoms. The number of amides is 1. The van der Waals surface area contributed by atoms with Gasteiger partial charge in [0.25, 0.3) is 5.91 Å². The van der Waals surface area contributed by atoms with E-state index in [1.165, 1.54) is 17.8 Å². The molecule has 2 rings (SSSR count). The molecular weight excluding hydrogens is 302 g/mol. The molecule has 1 amide bonds. The van der Waals surface area contributed by atoms with Gasteiger partial charge >= 0.3 is 0 Å². The Balaban J connectivity index is 1.90. The maximum absolute atomic E-state index is 12.1. The molecule has 17 heavy (non-hydrogen) atoms. The maximum Gasteiger partial charge on any atom is 0.263 e. The van der Waals surface area contributed by atoms with Crippen molar-refractivity contribution >= 4 is 33.2 Å². The fourth-order valence-corrected chi connectivity index (χ4v) is 3.34. The number of likely N-dealkylation sites (N-methyl/N-ethyl adjacent to an activating group) is 1. The van der Waals surface area contributed by atoms with E-state index in [-0.39, 0.29) is 12.0 Å². The summed E-state index contributed by atoms with van der Waals surface area (Å²) >= 11 is 4.84. The number of hydrogen-bond acceptors (Lipinski definition) is 3. The second-order valence-electron chi connectivity index (χ2n) is 4.28. The second kappa shape index (κ2) is 5.98. The number of nitrogens with zero attached hydrogens (tertiary/aromatic N) is 1. The van der Waals surface area contributed by atoms with Gasteiger partial charge in [0.05, 0.1) is 14.8 Å². The fourth-order valence-electron chi connectivity index (χ4n) is 1.96. The van der Waals surface area contributed by atoms with Crippen molar-refractivity contribution in [3.05, 3.63) is 20.8 Å². The first-order chi connectivity index (χ1) is 8.16. The SMILES string of the molecule is CN(CC1CCCCO1)C(=O)c1ccc(Br)s1. The van der Waals surface area contributed by atoms with E-state index in [0.29, 0.717) is 6.54 Å². The van der Waals surface area contributed by atoms with E-state index in [1.54, 1.807) is 4.90 Å². The van der Waals surface area contributed by atoms with Crippen molar-refractivity contribution in [2.45, 2.75) is 25.4 Å². The van der Waals surface area contributed by atoms with E-state index in [1.807, 2.05) is 19.2 Å². The monoisotopic (exact) mass is 317 g/mol. The van der Waals surface area contributed by atoms with Crippen LogP contribution in [0, 0.1) is 0 Å². The third kappa shape index (κ3) is 3.53. The normalized spacial score (nSPS) is 20.2. The molecule has 0 bridgehead atoms. The minimum absolute atomic E-state index is 0.0786. The van der Waals surface area contributed by atoms with E-state index in [2.05, 4.69) is 15.9 Å². The van der Waals surface area contributed by atoms with Crippen molar-refractivity contribution in [1.82, 2.24) is 4.90 Å². The minimum atomic E-state index is 0.0786. The molecule has 94 valence electrons. The number of ether oxygens (including phenoxy) is 1. The molecule has 1 unspecified atom stereocenters. The largest absolute Gasteiger partial charge is 0.376 e. The molecule has 1 aliphatic heterocycles. The van der Waals surface area contributed by atoms with Crippen molar-refractivity contribution in [3.8, 4) is 0 Å². The molecule has 3 nitrogen and oxygen atoms in total. The van der Waals surface area contributed by atoms with Gasteiger partial charge < -0.3 is 9.64 Å². The van der Waals surface area contributed by atoms with Gasteiger partial charge in [-0.25, -0.2) is 0 Å². The van der Waals surface area contributed by atoms with E-state index >= 15 is 0 Å². The van der Waals surface area contributed by atoms with Crippen LogP contribution >= 0.6 is 27.3 Å². The fraction of sp³-hybridized carbons (Fsp3) is 0.583. The highest BCUT2D eigenvalue weighted by Gasteiger charge is 2.20.